The van der Waals surface area contributed by atoms with Crippen LogP contribution < -0.4 is 14.2 Å². The monoisotopic (exact) mass is 228 g/mol. The molecule has 0 saturated carbocycles. The van der Waals surface area contributed by atoms with Gasteiger partial charge in [0.15, 0.2) is 11.5 Å². The fourth-order valence-corrected chi connectivity index (χ4v) is 1.64. The van der Waals surface area contributed by atoms with Crippen molar-refractivity contribution in [1.29, 1.82) is 0 Å². The van der Waals surface area contributed by atoms with Gasteiger partial charge in [0.05, 0.1) is 12.7 Å². The highest BCUT2D eigenvalue weighted by Crippen LogP contribution is 2.44. The van der Waals surface area contributed by atoms with Crippen LogP contribution in [-0.4, -0.2) is 19.0 Å². The summed E-state index contributed by atoms with van der Waals surface area (Å²) >= 11 is 0. The summed E-state index contributed by atoms with van der Waals surface area (Å²) in [6.45, 7) is 3.07. The Morgan fingerprint density at radius 2 is 2.12 bits per heavy atom. The highest BCUT2D eigenvalue weighted by atomic mass is 19.1. The summed E-state index contributed by atoms with van der Waals surface area (Å²) in [5.74, 6) is -0.341. The van der Waals surface area contributed by atoms with Crippen LogP contribution >= 0.6 is 0 Å². The van der Waals surface area contributed by atoms with Crippen LogP contribution in [0.2, 0.25) is 0 Å². The molecule has 4 nitrogen and oxygen atoms in total. The first-order chi connectivity index (χ1) is 7.45. The standard InChI is InChI=1S/C11H13FO4/c1-11(2,13)6-4-7-10(16-5-15-7)8(12)9(6)14-3/h4,13H,5H2,1-3H3. The molecule has 0 spiro atoms. The lowest BCUT2D eigenvalue weighted by atomic mass is 9.96. The van der Waals surface area contributed by atoms with Crippen molar-refractivity contribution in [2.75, 3.05) is 13.9 Å². The van der Waals surface area contributed by atoms with Crippen molar-refractivity contribution < 1.29 is 23.7 Å². The molecule has 2 rings (SSSR count). The van der Waals surface area contributed by atoms with Gasteiger partial charge in [-0.3, -0.25) is 0 Å². The maximum absolute atomic E-state index is 13.9. The number of rotatable bonds is 2. The van der Waals surface area contributed by atoms with E-state index in [1.165, 1.54) is 13.2 Å². The van der Waals surface area contributed by atoms with Crippen molar-refractivity contribution >= 4 is 0 Å². The first-order valence-corrected chi connectivity index (χ1v) is 4.84. The molecule has 0 fully saturated rings. The van der Waals surface area contributed by atoms with Crippen LogP contribution in [0.1, 0.15) is 19.4 Å². The van der Waals surface area contributed by atoms with E-state index in [1.807, 2.05) is 0 Å². The SMILES string of the molecule is COc1c(C(C)(C)O)cc2c(c1F)OCO2. The highest BCUT2D eigenvalue weighted by molar-refractivity contribution is 5.54. The molecular formula is C11H13FO4. The molecule has 0 radical (unpaired) electrons. The molecule has 0 amide bonds. The largest absolute Gasteiger partial charge is 0.493 e. The van der Waals surface area contributed by atoms with E-state index < -0.39 is 11.4 Å². The molecule has 0 aliphatic carbocycles. The molecule has 0 unspecified atom stereocenters. The van der Waals surface area contributed by atoms with Gasteiger partial charge in [-0.2, -0.15) is 4.39 Å². The van der Waals surface area contributed by atoms with E-state index in [9.17, 15) is 9.50 Å². The maximum Gasteiger partial charge on any atom is 0.231 e. The molecule has 1 aromatic rings. The third kappa shape index (κ3) is 1.57. The topological polar surface area (TPSA) is 47.9 Å². The van der Waals surface area contributed by atoms with Crippen molar-refractivity contribution in [2.45, 2.75) is 19.4 Å². The molecule has 88 valence electrons. The Morgan fingerprint density at radius 1 is 1.44 bits per heavy atom. The summed E-state index contributed by atoms with van der Waals surface area (Å²) in [4.78, 5) is 0. The van der Waals surface area contributed by atoms with Gasteiger partial charge in [0, 0.05) is 5.56 Å². The highest BCUT2D eigenvalue weighted by Gasteiger charge is 2.31. The van der Waals surface area contributed by atoms with Gasteiger partial charge < -0.3 is 19.3 Å². The number of methoxy groups -OCH3 is 1. The third-order valence-electron chi connectivity index (χ3n) is 2.42. The van der Waals surface area contributed by atoms with Gasteiger partial charge in [-0.05, 0) is 19.9 Å². The van der Waals surface area contributed by atoms with Gasteiger partial charge >= 0.3 is 0 Å². The normalized spacial score (nSPS) is 14.1. The van der Waals surface area contributed by atoms with Crippen LogP contribution in [0.25, 0.3) is 0 Å². The van der Waals surface area contributed by atoms with E-state index in [0.717, 1.165) is 0 Å². The Hall–Kier alpha value is -1.49. The van der Waals surface area contributed by atoms with Crippen molar-refractivity contribution in [3.8, 4) is 17.2 Å². The minimum Gasteiger partial charge on any atom is -0.493 e. The van der Waals surface area contributed by atoms with Gasteiger partial charge in [-0.25, -0.2) is 0 Å². The van der Waals surface area contributed by atoms with Crippen molar-refractivity contribution in [2.24, 2.45) is 0 Å². The van der Waals surface area contributed by atoms with Crippen LogP contribution in [0.15, 0.2) is 6.07 Å². The lowest BCUT2D eigenvalue weighted by molar-refractivity contribution is 0.0747. The Balaban J connectivity index is 2.66. The van der Waals surface area contributed by atoms with E-state index in [1.54, 1.807) is 13.8 Å². The summed E-state index contributed by atoms with van der Waals surface area (Å²) in [6.07, 6.45) is 0. The summed E-state index contributed by atoms with van der Waals surface area (Å²) in [5, 5.41) is 9.91. The van der Waals surface area contributed by atoms with Gasteiger partial charge in [-0.15, -0.1) is 0 Å². The Morgan fingerprint density at radius 3 is 2.69 bits per heavy atom. The average Bonchev–Trinajstić information content (AvgIpc) is 2.64. The van der Waals surface area contributed by atoms with Gasteiger partial charge in [-0.1, -0.05) is 0 Å². The number of hydrogen-bond acceptors (Lipinski definition) is 4. The maximum atomic E-state index is 13.9. The zero-order valence-electron chi connectivity index (χ0n) is 9.33. The number of benzene rings is 1. The molecule has 0 aromatic heterocycles. The first kappa shape index (κ1) is 11.0. The second kappa shape index (κ2) is 3.52. The molecule has 5 heteroatoms. The summed E-state index contributed by atoms with van der Waals surface area (Å²) < 4.78 is 28.9. The van der Waals surface area contributed by atoms with Crippen molar-refractivity contribution in [1.82, 2.24) is 0 Å². The van der Waals surface area contributed by atoms with Crippen LogP contribution in [0.3, 0.4) is 0 Å². The molecule has 1 aromatic carbocycles. The van der Waals surface area contributed by atoms with Crippen LogP contribution in [0.5, 0.6) is 17.2 Å². The van der Waals surface area contributed by atoms with E-state index in [-0.39, 0.29) is 24.0 Å². The molecule has 1 aliphatic heterocycles. The molecule has 0 saturated heterocycles. The molecule has 0 atom stereocenters. The average molecular weight is 228 g/mol. The fourth-order valence-electron chi connectivity index (χ4n) is 1.64. The minimum atomic E-state index is -1.22. The summed E-state index contributed by atoms with van der Waals surface area (Å²) in [6, 6.07) is 1.53. The molecule has 0 bridgehead atoms. The van der Waals surface area contributed by atoms with Gasteiger partial charge in [0.1, 0.15) is 0 Å². The number of fused-ring (bicyclic) bond motifs is 1. The van der Waals surface area contributed by atoms with Crippen LogP contribution in [0.4, 0.5) is 4.39 Å². The third-order valence-corrected chi connectivity index (χ3v) is 2.42. The zero-order chi connectivity index (χ0) is 11.9. The minimum absolute atomic E-state index is 0.0169. The molecule has 1 N–H and O–H groups in total. The van der Waals surface area contributed by atoms with Crippen LogP contribution in [-0.2, 0) is 5.60 Å². The lowest BCUT2D eigenvalue weighted by Crippen LogP contribution is -2.17. The van der Waals surface area contributed by atoms with Crippen molar-refractivity contribution in [3.63, 3.8) is 0 Å². The predicted molar refractivity (Wildman–Crippen MR) is 54.3 cm³/mol. The Labute approximate surface area is 92.6 Å². The molecule has 16 heavy (non-hydrogen) atoms. The lowest BCUT2D eigenvalue weighted by Gasteiger charge is -2.21. The van der Waals surface area contributed by atoms with E-state index in [4.69, 9.17) is 14.2 Å². The second-order valence-electron chi connectivity index (χ2n) is 4.06. The number of aliphatic hydroxyl groups is 1. The van der Waals surface area contributed by atoms with E-state index >= 15 is 0 Å². The first-order valence-electron chi connectivity index (χ1n) is 4.84. The number of halogens is 1. The fraction of sp³-hybridized carbons (Fsp3) is 0.455. The van der Waals surface area contributed by atoms with Crippen molar-refractivity contribution in [3.05, 3.63) is 17.4 Å². The Kier molecular flexibility index (Phi) is 2.42. The quantitative estimate of drug-likeness (QED) is 0.838. The smallest absolute Gasteiger partial charge is 0.231 e. The zero-order valence-corrected chi connectivity index (χ0v) is 9.33. The predicted octanol–water partition coefficient (Wildman–Crippen LogP) is 1.79. The van der Waals surface area contributed by atoms with Gasteiger partial charge in [0.25, 0.3) is 0 Å². The van der Waals surface area contributed by atoms with E-state index in [2.05, 4.69) is 0 Å². The molecular weight excluding hydrogens is 215 g/mol. The number of hydrogen-bond donors (Lipinski definition) is 1. The summed E-state index contributed by atoms with van der Waals surface area (Å²) in [7, 11) is 1.34. The Bertz CT molecular complexity index is 423. The number of ether oxygens (including phenoxy) is 3. The molecule has 1 aliphatic rings. The van der Waals surface area contributed by atoms with Gasteiger partial charge in [0.2, 0.25) is 18.4 Å². The van der Waals surface area contributed by atoms with Crippen LogP contribution in [0, 0.1) is 5.82 Å². The summed E-state index contributed by atoms with van der Waals surface area (Å²) in [5.41, 5.74) is -0.885. The molecule has 1 heterocycles. The second-order valence-corrected chi connectivity index (χ2v) is 4.06. The van der Waals surface area contributed by atoms with E-state index in [0.29, 0.717) is 5.56 Å².